The molecule has 0 aromatic heterocycles. The number of hydrogen-bond donors (Lipinski definition) is 1. The molecule has 0 saturated carbocycles. The number of amides is 1. The van der Waals surface area contributed by atoms with Crippen LogP contribution < -0.4 is 10.1 Å². The van der Waals surface area contributed by atoms with Gasteiger partial charge in [0.15, 0.2) is 0 Å². The van der Waals surface area contributed by atoms with E-state index in [1.165, 1.54) is 0 Å². The Balaban J connectivity index is 1.68. The third-order valence-electron chi connectivity index (χ3n) is 4.19. The van der Waals surface area contributed by atoms with Gasteiger partial charge in [0.2, 0.25) is 0 Å². The minimum Gasteiger partial charge on any atom is -0.492 e. The second-order valence-electron chi connectivity index (χ2n) is 7.63. The number of nitrogens with one attached hydrogen (secondary N) is 1. The van der Waals surface area contributed by atoms with Crippen LogP contribution in [-0.2, 0) is 4.74 Å². The molecule has 1 aliphatic heterocycles. The normalized spacial score (nSPS) is 21.2. The van der Waals surface area contributed by atoms with E-state index in [0.29, 0.717) is 30.1 Å². The zero-order valence-electron chi connectivity index (χ0n) is 15.5. The highest BCUT2D eigenvalue weighted by Crippen LogP contribution is 2.22. The number of likely N-dealkylation sites (tertiary alicyclic amines) is 1. The maximum absolute atomic E-state index is 11.8. The van der Waals surface area contributed by atoms with Gasteiger partial charge in [0, 0.05) is 30.7 Å². The molecule has 1 aromatic carbocycles. The molecule has 2 unspecified atom stereocenters. The highest BCUT2D eigenvalue weighted by molar-refractivity contribution is 6.30. The quantitative estimate of drug-likeness (QED) is 0.825. The largest absolute Gasteiger partial charge is 0.492 e. The van der Waals surface area contributed by atoms with Crippen molar-refractivity contribution in [2.45, 2.75) is 45.8 Å². The Morgan fingerprint density at radius 3 is 2.64 bits per heavy atom. The van der Waals surface area contributed by atoms with Crippen LogP contribution in [0.15, 0.2) is 24.3 Å². The van der Waals surface area contributed by atoms with Crippen LogP contribution in [-0.4, -0.2) is 48.9 Å². The molecule has 140 valence electrons. The molecular formula is C19H29ClN2O3. The van der Waals surface area contributed by atoms with E-state index in [1.807, 2.05) is 45.0 Å². The number of halogens is 1. The smallest absolute Gasteiger partial charge is 0.407 e. The molecule has 0 spiro atoms. The highest BCUT2D eigenvalue weighted by Gasteiger charge is 2.29. The number of ether oxygens (including phenoxy) is 2. The summed E-state index contributed by atoms with van der Waals surface area (Å²) in [6, 6.07) is 7.90. The van der Waals surface area contributed by atoms with E-state index >= 15 is 0 Å². The first kappa shape index (κ1) is 19.9. The minimum absolute atomic E-state index is 0.343. The summed E-state index contributed by atoms with van der Waals surface area (Å²) in [5.74, 6) is 1.28. The lowest BCUT2D eigenvalue weighted by molar-refractivity contribution is 0.0519. The molecule has 6 heteroatoms. The Labute approximate surface area is 155 Å². The van der Waals surface area contributed by atoms with Crippen molar-refractivity contribution in [3.8, 4) is 5.75 Å². The monoisotopic (exact) mass is 368 g/mol. The number of benzene rings is 1. The van der Waals surface area contributed by atoms with Gasteiger partial charge in [0.25, 0.3) is 0 Å². The standard InChI is InChI=1S/C19H29ClN2O3/c1-14-11-15(12-21-18(23)25-19(2,3)4)13-22(14)9-10-24-17-7-5-16(20)6-8-17/h5-8,14-15H,9-13H2,1-4H3,(H,21,23). The van der Waals surface area contributed by atoms with Crippen molar-refractivity contribution < 1.29 is 14.3 Å². The van der Waals surface area contributed by atoms with Gasteiger partial charge in [-0.15, -0.1) is 0 Å². The van der Waals surface area contributed by atoms with Crippen molar-refractivity contribution in [2.75, 3.05) is 26.2 Å². The molecule has 0 radical (unpaired) electrons. The zero-order chi connectivity index (χ0) is 18.4. The summed E-state index contributed by atoms with van der Waals surface area (Å²) in [7, 11) is 0. The van der Waals surface area contributed by atoms with Gasteiger partial charge in [-0.05, 0) is 64.3 Å². The first-order valence-electron chi connectivity index (χ1n) is 8.82. The SMILES string of the molecule is CC1CC(CNC(=O)OC(C)(C)C)CN1CCOc1ccc(Cl)cc1. The van der Waals surface area contributed by atoms with Gasteiger partial charge in [-0.2, -0.15) is 0 Å². The van der Waals surface area contributed by atoms with Crippen LogP contribution in [0.4, 0.5) is 4.79 Å². The van der Waals surface area contributed by atoms with Gasteiger partial charge >= 0.3 is 6.09 Å². The van der Waals surface area contributed by atoms with Crippen LogP contribution in [0.3, 0.4) is 0 Å². The van der Waals surface area contributed by atoms with Gasteiger partial charge < -0.3 is 14.8 Å². The number of alkyl carbamates (subject to hydrolysis) is 1. The van der Waals surface area contributed by atoms with Gasteiger partial charge in [0.1, 0.15) is 18.0 Å². The lowest BCUT2D eigenvalue weighted by Crippen LogP contribution is -2.36. The van der Waals surface area contributed by atoms with E-state index in [1.54, 1.807) is 0 Å². The Kier molecular flexibility index (Phi) is 6.96. The third-order valence-corrected chi connectivity index (χ3v) is 4.44. The second kappa shape index (κ2) is 8.77. The van der Waals surface area contributed by atoms with Crippen molar-refractivity contribution in [2.24, 2.45) is 5.92 Å². The number of rotatable bonds is 6. The Bertz CT molecular complexity index is 557. The van der Waals surface area contributed by atoms with Crippen LogP contribution >= 0.6 is 11.6 Å². The van der Waals surface area contributed by atoms with Crippen LogP contribution in [0.5, 0.6) is 5.75 Å². The summed E-state index contributed by atoms with van der Waals surface area (Å²) in [5.41, 5.74) is -0.460. The van der Waals surface area contributed by atoms with Crippen molar-refractivity contribution in [3.05, 3.63) is 29.3 Å². The van der Waals surface area contributed by atoms with E-state index in [2.05, 4.69) is 17.1 Å². The molecule has 1 saturated heterocycles. The molecule has 1 aliphatic rings. The van der Waals surface area contributed by atoms with Crippen LogP contribution in [0.2, 0.25) is 5.02 Å². The molecule has 0 aliphatic carbocycles. The molecule has 1 fully saturated rings. The maximum Gasteiger partial charge on any atom is 0.407 e. The number of carbonyl (C=O) groups excluding carboxylic acids is 1. The van der Waals surface area contributed by atoms with Gasteiger partial charge in [0.05, 0.1) is 0 Å². The van der Waals surface area contributed by atoms with E-state index < -0.39 is 5.60 Å². The fourth-order valence-electron chi connectivity index (χ4n) is 3.03. The Morgan fingerprint density at radius 1 is 1.32 bits per heavy atom. The van der Waals surface area contributed by atoms with E-state index in [0.717, 1.165) is 25.3 Å². The molecule has 0 bridgehead atoms. The molecule has 5 nitrogen and oxygen atoms in total. The third kappa shape index (κ3) is 7.12. The van der Waals surface area contributed by atoms with Crippen LogP contribution in [0.25, 0.3) is 0 Å². The summed E-state index contributed by atoms with van der Waals surface area (Å²) in [4.78, 5) is 14.2. The van der Waals surface area contributed by atoms with Crippen molar-refractivity contribution in [1.29, 1.82) is 0 Å². The topological polar surface area (TPSA) is 50.8 Å². The molecule has 1 aromatic rings. The van der Waals surface area contributed by atoms with E-state index in [9.17, 15) is 4.79 Å². The number of carbonyl (C=O) groups is 1. The van der Waals surface area contributed by atoms with Crippen molar-refractivity contribution in [1.82, 2.24) is 10.2 Å². The zero-order valence-corrected chi connectivity index (χ0v) is 16.3. The molecule has 2 rings (SSSR count). The second-order valence-corrected chi connectivity index (χ2v) is 8.07. The lowest BCUT2D eigenvalue weighted by atomic mass is 10.1. The first-order chi connectivity index (χ1) is 11.7. The summed E-state index contributed by atoms with van der Waals surface area (Å²) < 4.78 is 11.0. The molecule has 1 N–H and O–H groups in total. The predicted octanol–water partition coefficient (Wildman–Crippen LogP) is 3.95. The van der Waals surface area contributed by atoms with E-state index in [4.69, 9.17) is 21.1 Å². The Morgan fingerprint density at radius 2 is 2.00 bits per heavy atom. The number of nitrogens with zero attached hydrogens (tertiary/aromatic N) is 1. The highest BCUT2D eigenvalue weighted by atomic mass is 35.5. The fourth-order valence-corrected chi connectivity index (χ4v) is 3.16. The van der Waals surface area contributed by atoms with Gasteiger partial charge in [-0.3, -0.25) is 4.90 Å². The lowest BCUT2D eigenvalue weighted by Gasteiger charge is -2.21. The summed E-state index contributed by atoms with van der Waals surface area (Å²) >= 11 is 5.87. The van der Waals surface area contributed by atoms with Gasteiger partial charge in [-0.1, -0.05) is 11.6 Å². The molecule has 1 heterocycles. The van der Waals surface area contributed by atoms with E-state index in [-0.39, 0.29) is 6.09 Å². The molecule has 25 heavy (non-hydrogen) atoms. The summed E-state index contributed by atoms with van der Waals surface area (Å²) in [6.07, 6.45) is 0.723. The average molecular weight is 369 g/mol. The summed E-state index contributed by atoms with van der Waals surface area (Å²) in [6.45, 7) is 10.9. The molecular weight excluding hydrogens is 340 g/mol. The predicted molar refractivity (Wildman–Crippen MR) is 100 cm³/mol. The molecule has 2 atom stereocenters. The first-order valence-corrected chi connectivity index (χ1v) is 9.20. The minimum atomic E-state index is -0.460. The Hall–Kier alpha value is -1.46. The maximum atomic E-state index is 11.8. The van der Waals surface area contributed by atoms with Gasteiger partial charge in [-0.25, -0.2) is 4.79 Å². The average Bonchev–Trinajstić information content (AvgIpc) is 2.86. The summed E-state index contributed by atoms with van der Waals surface area (Å²) in [5, 5.41) is 3.59. The fraction of sp³-hybridized carbons (Fsp3) is 0.632. The van der Waals surface area contributed by atoms with Crippen LogP contribution in [0.1, 0.15) is 34.1 Å². The molecule has 1 amide bonds. The van der Waals surface area contributed by atoms with Crippen molar-refractivity contribution >= 4 is 17.7 Å². The van der Waals surface area contributed by atoms with Crippen molar-refractivity contribution in [3.63, 3.8) is 0 Å². The number of hydrogen-bond acceptors (Lipinski definition) is 4. The van der Waals surface area contributed by atoms with Crippen LogP contribution in [0, 0.1) is 5.92 Å².